The Morgan fingerprint density at radius 3 is 2.43 bits per heavy atom. The second kappa shape index (κ2) is 7.68. The molecule has 0 radical (unpaired) electrons. The van der Waals surface area contributed by atoms with Crippen LogP contribution in [0.4, 0.5) is 4.39 Å². The number of amides is 1. The quantitative estimate of drug-likeness (QED) is 0.840. The minimum atomic E-state index is -0.235. The summed E-state index contributed by atoms with van der Waals surface area (Å²) in [6.45, 7) is 1.70. The van der Waals surface area contributed by atoms with Gasteiger partial charge in [0, 0.05) is 19.5 Å². The first-order valence-corrected chi connectivity index (χ1v) is 9.02. The van der Waals surface area contributed by atoms with E-state index in [0.717, 1.165) is 36.5 Å². The summed E-state index contributed by atoms with van der Waals surface area (Å²) in [5.74, 6) is -0.129. The fourth-order valence-electron chi connectivity index (χ4n) is 2.87. The second-order valence-electron chi connectivity index (χ2n) is 5.98. The zero-order valence-corrected chi connectivity index (χ0v) is 13.9. The lowest BCUT2D eigenvalue weighted by atomic mass is 10.1. The summed E-state index contributed by atoms with van der Waals surface area (Å²) in [5.41, 5.74) is 1.01. The number of aromatic nitrogens is 1. The molecule has 122 valence electrons. The average Bonchev–Trinajstić information content (AvgIpc) is 2.97. The van der Waals surface area contributed by atoms with Crippen LogP contribution >= 0.6 is 11.3 Å². The van der Waals surface area contributed by atoms with Gasteiger partial charge >= 0.3 is 0 Å². The summed E-state index contributed by atoms with van der Waals surface area (Å²) >= 11 is 1.45. The summed E-state index contributed by atoms with van der Waals surface area (Å²) in [7, 11) is 0. The molecule has 1 aliphatic heterocycles. The van der Waals surface area contributed by atoms with Gasteiger partial charge < -0.3 is 4.90 Å². The second-order valence-corrected chi connectivity index (χ2v) is 7.10. The van der Waals surface area contributed by atoms with E-state index in [4.69, 9.17) is 0 Å². The van der Waals surface area contributed by atoms with Gasteiger partial charge in [-0.05, 0) is 30.5 Å². The highest BCUT2D eigenvalue weighted by Crippen LogP contribution is 2.20. The maximum atomic E-state index is 12.9. The molecule has 2 heterocycles. The van der Waals surface area contributed by atoms with Crippen molar-refractivity contribution in [1.82, 2.24) is 9.88 Å². The van der Waals surface area contributed by atoms with Crippen LogP contribution in [0.2, 0.25) is 0 Å². The Morgan fingerprint density at radius 1 is 1.09 bits per heavy atom. The number of carbonyl (C=O) groups excluding carboxylic acids is 1. The lowest BCUT2D eigenvalue weighted by molar-refractivity contribution is 0.0747. The number of carbonyl (C=O) groups is 1. The Bertz CT molecular complexity index is 645. The molecule has 1 amide bonds. The minimum Gasteiger partial charge on any atom is -0.338 e. The van der Waals surface area contributed by atoms with Gasteiger partial charge in [0.25, 0.3) is 5.91 Å². The van der Waals surface area contributed by atoms with Crippen LogP contribution in [-0.2, 0) is 6.42 Å². The van der Waals surface area contributed by atoms with Crippen LogP contribution in [0.15, 0.2) is 30.5 Å². The van der Waals surface area contributed by atoms with E-state index in [1.807, 2.05) is 4.90 Å². The molecule has 3 nitrogen and oxygen atoms in total. The molecular formula is C18H21FN2OS. The van der Waals surface area contributed by atoms with Crippen LogP contribution in [-0.4, -0.2) is 28.9 Å². The number of rotatable bonds is 3. The Labute approximate surface area is 140 Å². The first kappa shape index (κ1) is 16.1. The van der Waals surface area contributed by atoms with Crippen LogP contribution in [0.25, 0.3) is 0 Å². The van der Waals surface area contributed by atoms with E-state index in [1.165, 1.54) is 42.7 Å². The molecule has 1 saturated heterocycles. The highest BCUT2D eigenvalue weighted by molar-refractivity contribution is 7.13. The van der Waals surface area contributed by atoms with Crippen molar-refractivity contribution in [3.05, 3.63) is 51.7 Å². The molecule has 0 N–H and O–H groups in total. The molecule has 1 aliphatic rings. The summed E-state index contributed by atoms with van der Waals surface area (Å²) < 4.78 is 12.9. The van der Waals surface area contributed by atoms with Crippen LogP contribution in [0.5, 0.6) is 0 Å². The number of halogens is 1. The fourth-order valence-corrected chi connectivity index (χ4v) is 3.79. The van der Waals surface area contributed by atoms with Gasteiger partial charge in [0.2, 0.25) is 0 Å². The van der Waals surface area contributed by atoms with Gasteiger partial charge in [0.05, 0.1) is 11.2 Å². The van der Waals surface area contributed by atoms with Crippen LogP contribution < -0.4 is 0 Å². The van der Waals surface area contributed by atoms with Gasteiger partial charge in [-0.1, -0.05) is 31.4 Å². The van der Waals surface area contributed by atoms with E-state index in [2.05, 4.69) is 4.98 Å². The summed E-state index contributed by atoms with van der Waals surface area (Å²) in [6.07, 6.45) is 8.21. The number of likely N-dealkylation sites (tertiary alicyclic amines) is 1. The molecular weight excluding hydrogens is 311 g/mol. The topological polar surface area (TPSA) is 33.2 Å². The largest absolute Gasteiger partial charge is 0.338 e. The third-order valence-corrected chi connectivity index (χ3v) is 5.16. The number of benzene rings is 1. The van der Waals surface area contributed by atoms with E-state index < -0.39 is 0 Å². The zero-order valence-electron chi connectivity index (χ0n) is 13.1. The normalized spacial score (nSPS) is 16.0. The maximum absolute atomic E-state index is 12.9. The van der Waals surface area contributed by atoms with Crippen molar-refractivity contribution in [2.75, 3.05) is 13.1 Å². The number of hydrogen-bond acceptors (Lipinski definition) is 3. The zero-order chi connectivity index (χ0) is 16.1. The highest BCUT2D eigenvalue weighted by atomic mass is 32.1. The number of thiazole rings is 1. The lowest BCUT2D eigenvalue weighted by Crippen LogP contribution is -2.33. The molecule has 0 atom stereocenters. The van der Waals surface area contributed by atoms with Crippen molar-refractivity contribution in [3.63, 3.8) is 0 Å². The van der Waals surface area contributed by atoms with Crippen molar-refractivity contribution >= 4 is 17.2 Å². The molecule has 1 aromatic heterocycles. The molecule has 1 fully saturated rings. The predicted molar refractivity (Wildman–Crippen MR) is 90.3 cm³/mol. The van der Waals surface area contributed by atoms with Crippen LogP contribution in [0.3, 0.4) is 0 Å². The average molecular weight is 332 g/mol. The molecule has 5 heteroatoms. The molecule has 3 rings (SSSR count). The summed E-state index contributed by atoms with van der Waals surface area (Å²) in [4.78, 5) is 19.7. The monoisotopic (exact) mass is 332 g/mol. The molecule has 0 aliphatic carbocycles. The van der Waals surface area contributed by atoms with Gasteiger partial charge in [-0.25, -0.2) is 9.37 Å². The highest BCUT2D eigenvalue weighted by Gasteiger charge is 2.19. The smallest absolute Gasteiger partial charge is 0.265 e. The molecule has 1 aromatic carbocycles. The van der Waals surface area contributed by atoms with Gasteiger partial charge in [0.15, 0.2) is 0 Å². The molecule has 0 spiro atoms. The standard InChI is InChI=1S/C18H21FN2OS/c19-15-8-6-14(7-9-15)12-17-20-13-16(23-17)18(22)21-10-4-2-1-3-5-11-21/h6-9,13H,1-5,10-12H2. The van der Waals surface area contributed by atoms with Crippen molar-refractivity contribution in [2.24, 2.45) is 0 Å². The molecule has 0 saturated carbocycles. The summed E-state index contributed by atoms with van der Waals surface area (Å²) in [6, 6.07) is 6.43. The van der Waals surface area contributed by atoms with Gasteiger partial charge in [-0.15, -0.1) is 11.3 Å². The summed E-state index contributed by atoms with van der Waals surface area (Å²) in [5, 5.41) is 0.895. The SMILES string of the molecule is O=C(c1cnc(Cc2ccc(F)cc2)s1)N1CCCCCCC1. The predicted octanol–water partition coefficient (Wildman–Crippen LogP) is 4.28. The van der Waals surface area contributed by atoms with E-state index in [0.29, 0.717) is 11.3 Å². The molecule has 2 aromatic rings. The Hall–Kier alpha value is -1.75. The molecule has 0 bridgehead atoms. The fraction of sp³-hybridized carbons (Fsp3) is 0.444. The Balaban J connectivity index is 1.65. The van der Waals surface area contributed by atoms with Gasteiger partial charge in [-0.2, -0.15) is 0 Å². The third kappa shape index (κ3) is 4.38. The van der Waals surface area contributed by atoms with Crippen molar-refractivity contribution in [2.45, 2.75) is 38.5 Å². The van der Waals surface area contributed by atoms with Crippen molar-refractivity contribution < 1.29 is 9.18 Å². The van der Waals surface area contributed by atoms with E-state index in [1.54, 1.807) is 18.3 Å². The number of nitrogens with zero attached hydrogens (tertiary/aromatic N) is 2. The van der Waals surface area contributed by atoms with E-state index >= 15 is 0 Å². The third-order valence-electron chi connectivity index (χ3n) is 4.18. The Kier molecular flexibility index (Phi) is 5.39. The van der Waals surface area contributed by atoms with Crippen LogP contribution in [0, 0.1) is 5.82 Å². The Morgan fingerprint density at radius 2 is 1.74 bits per heavy atom. The lowest BCUT2D eigenvalue weighted by Gasteiger charge is -2.24. The van der Waals surface area contributed by atoms with E-state index in [9.17, 15) is 9.18 Å². The molecule has 0 unspecified atom stereocenters. The first-order chi connectivity index (χ1) is 11.2. The van der Waals surface area contributed by atoms with E-state index in [-0.39, 0.29) is 11.7 Å². The maximum Gasteiger partial charge on any atom is 0.265 e. The first-order valence-electron chi connectivity index (χ1n) is 8.21. The van der Waals surface area contributed by atoms with Gasteiger partial charge in [-0.3, -0.25) is 4.79 Å². The van der Waals surface area contributed by atoms with Gasteiger partial charge in [0.1, 0.15) is 10.7 Å². The minimum absolute atomic E-state index is 0.106. The van der Waals surface area contributed by atoms with Crippen molar-refractivity contribution in [1.29, 1.82) is 0 Å². The molecule has 23 heavy (non-hydrogen) atoms. The van der Waals surface area contributed by atoms with Crippen LogP contribution in [0.1, 0.15) is 52.3 Å². The number of hydrogen-bond donors (Lipinski definition) is 0. The van der Waals surface area contributed by atoms with Crippen molar-refractivity contribution in [3.8, 4) is 0 Å².